The molecule has 15 heterocycles. The van der Waals surface area contributed by atoms with Crippen LogP contribution in [0.3, 0.4) is 0 Å². The Bertz CT molecular complexity index is 4730. The van der Waals surface area contributed by atoms with E-state index in [1.807, 2.05) is 15.5 Å². The van der Waals surface area contributed by atoms with Crippen LogP contribution in [0.5, 0.6) is 0 Å². The number of morpholine rings is 3. The van der Waals surface area contributed by atoms with Gasteiger partial charge in [-0.25, -0.2) is 69.4 Å². The lowest BCUT2D eigenvalue weighted by atomic mass is 10.2. The van der Waals surface area contributed by atoms with Gasteiger partial charge in [-0.1, -0.05) is 0 Å². The third kappa shape index (κ3) is 20.1. The average Bonchev–Trinajstić information content (AvgIpc) is 1.60. The van der Waals surface area contributed by atoms with Crippen LogP contribution in [0.25, 0.3) is 67.3 Å². The number of aliphatic carboxylic acids is 1. The quantitative estimate of drug-likeness (QED) is 0.0776. The van der Waals surface area contributed by atoms with E-state index in [1.165, 1.54) is 6.92 Å². The van der Waals surface area contributed by atoms with Crippen molar-refractivity contribution in [2.75, 3.05) is 150 Å². The molecule has 0 radical (unpaired) electrons. The molecule has 9 aromatic rings. The van der Waals surface area contributed by atoms with Crippen LogP contribution in [0.4, 0.5) is 45.3 Å². The number of imidazole rings is 3. The molecule has 0 bridgehead atoms. The third-order valence-electron chi connectivity index (χ3n) is 18.7. The zero-order valence-corrected chi connectivity index (χ0v) is 64.9. The largest absolute Gasteiger partial charge is 0.480 e. The number of carbonyl (C=O) groups excluding carboxylic acids is 4. The monoisotopic (exact) mass is 1570 g/mol. The molecule has 0 saturated carbocycles. The average molecular weight is 1570 g/mol. The van der Waals surface area contributed by atoms with Gasteiger partial charge in [0, 0.05) is 126 Å². The first-order chi connectivity index (χ1) is 53.1. The smallest absolute Gasteiger partial charge is 0.408 e. The van der Waals surface area contributed by atoms with Crippen LogP contribution in [0, 0.1) is 0 Å². The van der Waals surface area contributed by atoms with Gasteiger partial charge in [0.05, 0.1) is 82.8 Å². The van der Waals surface area contributed by atoms with Gasteiger partial charge in [0.15, 0.2) is 16.9 Å². The number of alkyl carbamates (subject to hydrolysis) is 2. The van der Waals surface area contributed by atoms with Crippen molar-refractivity contribution in [3.8, 4) is 33.8 Å². The molecule has 0 spiro atoms. The van der Waals surface area contributed by atoms with E-state index in [-0.39, 0.29) is 54.2 Å². The maximum Gasteiger partial charge on any atom is 0.408 e. The number of nitrogens with one attached hydrogen (secondary N) is 3. The molecular weight excluding hydrogens is 1470 g/mol. The van der Waals surface area contributed by atoms with Crippen LogP contribution in [-0.2, 0) is 38.1 Å². The van der Waals surface area contributed by atoms with Crippen molar-refractivity contribution in [2.45, 2.75) is 129 Å². The number of anilines is 6. The zero-order valence-electron chi connectivity index (χ0n) is 64.0. The maximum atomic E-state index is 13.1. The van der Waals surface area contributed by atoms with Crippen molar-refractivity contribution < 1.29 is 52.8 Å². The number of halogens is 1. The summed E-state index contributed by atoms with van der Waals surface area (Å²) in [5.74, 6) is 1.17. The van der Waals surface area contributed by atoms with Crippen molar-refractivity contribution >= 4 is 112 Å². The number of carbonyl (C=O) groups is 5. The van der Waals surface area contributed by atoms with E-state index in [9.17, 15) is 24.0 Å². The van der Waals surface area contributed by atoms with E-state index >= 15 is 0 Å². The topological polar surface area (TPSA) is 516 Å². The Hall–Kier alpha value is -11.3. The Morgan fingerprint density at radius 3 is 1.12 bits per heavy atom. The third-order valence-corrected chi connectivity index (χ3v) is 18.7. The van der Waals surface area contributed by atoms with Crippen molar-refractivity contribution in [1.29, 1.82) is 0 Å². The summed E-state index contributed by atoms with van der Waals surface area (Å²) >= 11 is 0. The Balaban J connectivity index is 0.000000155. The number of amides is 4. The Labute approximate surface area is 650 Å². The summed E-state index contributed by atoms with van der Waals surface area (Å²) in [7, 11) is 0. The molecule has 15 rings (SSSR count). The number of carboxylic acid groups (broad SMARTS) is 1. The van der Waals surface area contributed by atoms with Gasteiger partial charge in [-0.3, -0.25) is 14.4 Å². The molecule has 3 unspecified atom stereocenters. The Kier molecular flexibility index (Phi) is 26.1. The van der Waals surface area contributed by atoms with E-state index < -0.39 is 47.5 Å². The molecule has 42 heteroatoms. The highest BCUT2D eigenvalue weighted by molar-refractivity contribution is 5.91. The molecule has 9 aromatic heterocycles. The highest BCUT2D eigenvalue weighted by Gasteiger charge is 2.36. The molecule has 6 atom stereocenters. The minimum absolute atomic E-state index is 0. The van der Waals surface area contributed by atoms with Gasteiger partial charge in [0.2, 0.25) is 47.5 Å². The molecule has 4 amide bonds. The summed E-state index contributed by atoms with van der Waals surface area (Å²) in [4.78, 5) is 137. The zero-order chi connectivity index (χ0) is 78.8. The molecular formula is C70H97ClN30O11. The number of carboxylic acids is 1. The van der Waals surface area contributed by atoms with Crippen molar-refractivity contribution in [3.63, 3.8) is 0 Å². The number of nitrogens with zero attached hydrogens (tertiary/aromatic N) is 23. The molecule has 112 heavy (non-hydrogen) atoms. The first-order valence-electron chi connectivity index (χ1n) is 36.8. The summed E-state index contributed by atoms with van der Waals surface area (Å²) in [6, 6.07) is -1.81. The van der Waals surface area contributed by atoms with Crippen LogP contribution < -0.4 is 53.6 Å². The van der Waals surface area contributed by atoms with Gasteiger partial charge in [-0.05, 0) is 88.1 Å². The highest BCUT2D eigenvalue weighted by atomic mass is 35.5. The van der Waals surface area contributed by atoms with Gasteiger partial charge in [0.25, 0.3) is 0 Å². The maximum absolute atomic E-state index is 13.1. The fourth-order valence-corrected chi connectivity index (χ4v) is 13.1. The second-order valence-electron chi connectivity index (χ2n) is 29.3. The van der Waals surface area contributed by atoms with Crippen LogP contribution in [0.15, 0.2) is 56.2 Å². The minimum Gasteiger partial charge on any atom is -0.480 e. The van der Waals surface area contributed by atoms with Crippen LogP contribution in [0.1, 0.15) is 99.7 Å². The molecule has 6 aliphatic heterocycles. The molecule has 41 nitrogen and oxygen atoms in total. The highest BCUT2D eigenvalue weighted by Crippen LogP contribution is 2.35. The lowest BCUT2D eigenvalue weighted by Gasteiger charge is -2.27. The number of likely N-dealkylation sites (tertiary alicyclic amines) is 2. The number of hydrogen-bond acceptors (Lipinski definition) is 33. The molecule has 6 fully saturated rings. The molecule has 600 valence electrons. The first kappa shape index (κ1) is 81.7. The van der Waals surface area contributed by atoms with Crippen molar-refractivity contribution in [1.82, 2.24) is 114 Å². The number of nitrogens with two attached hydrogens (primary N) is 4. The molecule has 6 saturated heterocycles. The molecule has 6 aliphatic rings. The Morgan fingerprint density at radius 2 is 0.812 bits per heavy atom. The van der Waals surface area contributed by atoms with Crippen LogP contribution >= 0.6 is 12.4 Å². The van der Waals surface area contributed by atoms with Crippen molar-refractivity contribution in [2.24, 2.45) is 5.73 Å². The summed E-state index contributed by atoms with van der Waals surface area (Å²) in [6.45, 7) is 27.4. The number of hydrogen-bond donors (Lipinski definition) is 8. The summed E-state index contributed by atoms with van der Waals surface area (Å²) < 4.78 is 32.8. The standard InChI is InChI=1S/C25H34N10O4.C20H26N10O2.C17H21N9O.C8H15NO4.ClH/c1-15(30-24(37)39-25(2,3)4)21(36)34-6-5-17(13-34)35-14-29-19-18(16-11-27-22(26)28-12-16)31-23(32-20(19)35)33-7-9-38-10-8-33;1-12(21)18(31)29-3-2-14(10-29)30-11-25-16-15(13-8-23-19(22)24-9-13)26-20(27-17(16)30)28-4-6-32-7-5-28;18-16-20-7-11(8-21-16)13-14-15(26(10-22-14)12-1-2-19-9-12)24-17(23-13)25-3-5-27-6-4-25;1-5(6(10)11)9-7(12)13-8(2,3)4;/h11-12,14-15,17H,5-10,13H2,1-4H3,(H,30,37)(H2,26,27,28);8-9,11-12,14H,2-7,10,21H2,1H3,(H2,22,23,24);7-8,10,12,19H,1-6,9H2,(H2,18,20,21);5H,1-4H3,(H,9,12)(H,10,11);1H/t15-,17?;12-,14?;;5-;/m00.0./s1. The minimum atomic E-state index is -1.09. The summed E-state index contributed by atoms with van der Waals surface area (Å²) in [5.41, 5.74) is 30.0. The number of nitrogen functional groups attached to an aromatic ring is 3. The lowest BCUT2D eigenvalue weighted by Crippen LogP contribution is -2.47. The SMILES string of the molecule is C[C@H](N)C(=O)N1CCC(n2cnc3c(-c4cnc(N)nc4)nc(N4CCOCC4)nc32)C1.C[C@H](NC(=O)OC(C)(C)C)C(=O)N1CCC(n2cnc3c(-c4cnc(N)nc4)nc(N4CCOCC4)nc32)C1.C[C@H](NC(=O)OC(C)(C)C)C(=O)O.Cl.Nc1ncc(-c2nc(N3CCOCC3)nc3c2ncn3C2CCNC2)cn1. The van der Waals surface area contributed by atoms with E-state index in [1.54, 1.807) is 115 Å². The van der Waals surface area contributed by atoms with Gasteiger partial charge in [-0.15, -0.1) is 12.4 Å². The van der Waals surface area contributed by atoms with E-state index in [0.717, 1.165) is 61.4 Å². The second kappa shape index (κ2) is 35.8. The fraction of sp³-hybridized carbons (Fsp3) is 0.543. The van der Waals surface area contributed by atoms with Crippen LogP contribution in [-0.4, -0.2) is 281 Å². The van der Waals surface area contributed by atoms with Crippen LogP contribution in [0.2, 0.25) is 0 Å². The van der Waals surface area contributed by atoms with Gasteiger partial charge in [0.1, 0.15) is 56.9 Å². The van der Waals surface area contributed by atoms with Gasteiger partial charge in [-0.2, -0.15) is 15.0 Å². The van der Waals surface area contributed by atoms with E-state index in [2.05, 4.69) is 80.1 Å². The van der Waals surface area contributed by atoms with E-state index in [4.69, 9.17) is 81.6 Å². The molecule has 12 N–H and O–H groups in total. The molecule has 0 aromatic carbocycles. The summed E-state index contributed by atoms with van der Waals surface area (Å²) in [5, 5.41) is 16.7. The summed E-state index contributed by atoms with van der Waals surface area (Å²) in [6.07, 6.45) is 16.5. The fourth-order valence-electron chi connectivity index (χ4n) is 13.1. The van der Waals surface area contributed by atoms with Gasteiger partial charge < -0.3 is 106 Å². The lowest BCUT2D eigenvalue weighted by molar-refractivity contribution is -0.139. The normalized spacial score (nSPS) is 18.8. The Morgan fingerprint density at radius 1 is 0.482 bits per heavy atom. The van der Waals surface area contributed by atoms with Crippen molar-refractivity contribution in [3.05, 3.63) is 56.2 Å². The molecule has 0 aliphatic carbocycles. The number of aromatic nitrogens is 18. The first-order valence-corrected chi connectivity index (χ1v) is 36.8. The van der Waals surface area contributed by atoms with E-state index in [0.29, 0.717) is 167 Å². The number of ether oxygens (including phenoxy) is 5. The predicted molar refractivity (Wildman–Crippen MR) is 415 cm³/mol. The predicted octanol–water partition coefficient (Wildman–Crippen LogP) is 2.85. The number of rotatable bonds is 14. The second-order valence-corrected chi connectivity index (χ2v) is 29.3. The number of fused-ring (bicyclic) bond motifs is 3. The van der Waals surface area contributed by atoms with Gasteiger partial charge >= 0.3 is 18.2 Å².